The van der Waals surface area contributed by atoms with E-state index < -0.39 is 0 Å². The molecule has 3 nitrogen and oxygen atoms in total. The average molecular weight is 237 g/mol. The first-order valence-corrected chi connectivity index (χ1v) is 6.55. The number of aliphatic hydroxyl groups is 1. The molecule has 0 aromatic carbocycles. The number of furan rings is 1. The largest absolute Gasteiger partial charge is 0.465 e. The molecule has 0 saturated heterocycles. The van der Waals surface area contributed by atoms with E-state index in [1.807, 2.05) is 19.1 Å². The molecule has 3 heteroatoms. The van der Waals surface area contributed by atoms with Gasteiger partial charge in [-0.2, -0.15) is 0 Å². The third-order valence-electron chi connectivity index (χ3n) is 3.83. The van der Waals surface area contributed by atoms with Crippen LogP contribution in [0.15, 0.2) is 16.5 Å². The summed E-state index contributed by atoms with van der Waals surface area (Å²) in [6, 6.07) is 3.98. The van der Waals surface area contributed by atoms with E-state index in [9.17, 15) is 5.11 Å². The van der Waals surface area contributed by atoms with Gasteiger partial charge in [-0.15, -0.1) is 0 Å². The molecule has 1 aliphatic rings. The van der Waals surface area contributed by atoms with Crippen LogP contribution in [0.5, 0.6) is 0 Å². The standard InChI is InChI=1S/C14H23NO2/c1-11-4-3-7-14(8-11,10-16)15-9-13-6-5-12(2)17-13/h5-6,11,15-16H,3-4,7-10H2,1-2H3. The Labute approximate surface area is 103 Å². The van der Waals surface area contributed by atoms with E-state index >= 15 is 0 Å². The van der Waals surface area contributed by atoms with Crippen molar-refractivity contribution in [2.24, 2.45) is 5.92 Å². The van der Waals surface area contributed by atoms with E-state index in [0.29, 0.717) is 12.5 Å². The van der Waals surface area contributed by atoms with Crippen molar-refractivity contribution in [3.63, 3.8) is 0 Å². The van der Waals surface area contributed by atoms with Crippen molar-refractivity contribution in [2.75, 3.05) is 6.61 Å². The Morgan fingerprint density at radius 2 is 2.35 bits per heavy atom. The molecule has 0 radical (unpaired) electrons. The molecule has 17 heavy (non-hydrogen) atoms. The van der Waals surface area contributed by atoms with E-state index in [-0.39, 0.29) is 12.1 Å². The summed E-state index contributed by atoms with van der Waals surface area (Å²) < 4.78 is 5.55. The zero-order valence-electron chi connectivity index (χ0n) is 10.8. The number of nitrogens with one attached hydrogen (secondary N) is 1. The van der Waals surface area contributed by atoms with Crippen LogP contribution in [-0.4, -0.2) is 17.3 Å². The van der Waals surface area contributed by atoms with Gasteiger partial charge in [0.25, 0.3) is 0 Å². The first-order chi connectivity index (χ1) is 8.13. The van der Waals surface area contributed by atoms with Crippen molar-refractivity contribution < 1.29 is 9.52 Å². The highest BCUT2D eigenvalue weighted by molar-refractivity contribution is 5.06. The lowest BCUT2D eigenvalue weighted by atomic mass is 9.77. The van der Waals surface area contributed by atoms with E-state index in [0.717, 1.165) is 24.4 Å². The second kappa shape index (κ2) is 5.23. The lowest BCUT2D eigenvalue weighted by molar-refractivity contribution is 0.0963. The van der Waals surface area contributed by atoms with E-state index in [2.05, 4.69) is 12.2 Å². The van der Waals surface area contributed by atoms with Gasteiger partial charge in [0.1, 0.15) is 11.5 Å². The van der Waals surface area contributed by atoms with Gasteiger partial charge in [-0.25, -0.2) is 0 Å². The summed E-state index contributed by atoms with van der Waals surface area (Å²) in [6.07, 6.45) is 4.60. The van der Waals surface area contributed by atoms with Crippen molar-refractivity contribution in [3.05, 3.63) is 23.7 Å². The summed E-state index contributed by atoms with van der Waals surface area (Å²) in [5, 5.41) is 13.2. The maximum Gasteiger partial charge on any atom is 0.117 e. The molecule has 2 N–H and O–H groups in total. The van der Waals surface area contributed by atoms with Gasteiger partial charge in [0, 0.05) is 5.54 Å². The Morgan fingerprint density at radius 3 is 2.94 bits per heavy atom. The molecule has 0 spiro atoms. The highest BCUT2D eigenvalue weighted by Gasteiger charge is 2.33. The molecule has 0 aliphatic heterocycles. The first-order valence-electron chi connectivity index (χ1n) is 6.55. The molecule has 96 valence electrons. The Bertz CT molecular complexity index is 361. The highest BCUT2D eigenvalue weighted by atomic mass is 16.3. The van der Waals surface area contributed by atoms with Gasteiger partial charge in [0.15, 0.2) is 0 Å². The molecule has 2 rings (SSSR count). The van der Waals surface area contributed by atoms with Gasteiger partial charge in [0.05, 0.1) is 13.2 Å². The average Bonchev–Trinajstić information content (AvgIpc) is 2.73. The zero-order valence-corrected chi connectivity index (χ0v) is 10.8. The minimum absolute atomic E-state index is 0.0988. The summed E-state index contributed by atoms with van der Waals surface area (Å²) in [6.45, 7) is 5.15. The summed E-state index contributed by atoms with van der Waals surface area (Å²) in [5.41, 5.74) is -0.0988. The molecule has 1 heterocycles. The minimum Gasteiger partial charge on any atom is -0.465 e. The maximum absolute atomic E-state index is 9.65. The topological polar surface area (TPSA) is 45.4 Å². The number of rotatable bonds is 4. The van der Waals surface area contributed by atoms with Gasteiger partial charge in [-0.3, -0.25) is 0 Å². The molecule has 2 unspecified atom stereocenters. The van der Waals surface area contributed by atoms with E-state index in [1.165, 1.54) is 12.8 Å². The van der Waals surface area contributed by atoms with E-state index in [1.54, 1.807) is 0 Å². The zero-order chi connectivity index (χ0) is 12.3. The first kappa shape index (κ1) is 12.7. The predicted molar refractivity (Wildman–Crippen MR) is 67.7 cm³/mol. The molecule has 0 amide bonds. The second-order valence-corrected chi connectivity index (χ2v) is 5.51. The van der Waals surface area contributed by atoms with Crippen LogP contribution in [0.25, 0.3) is 0 Å². The van der Waals surface area contributed by atoms with Gasteiger partial charge < -0.3 is 14.8 Å². The smallest absolute Gasteiger partial charge is 0.117 e. The van der Waals surface area contributed by atoms with Crippen molar-refractivity contribution in [1.82, 2.24) is 5.32 Å². The number of hydrogen-bond donors (Lipinski definition) is 2. The molecular formula is C14H23NO2. The number of hydrogen-bond acceptors (Lipinski definition) is 3. The normalized spacial score (nSPS) is 29.5. The molecule has 0 bridgehead atoms. The van der Waals surface area contributed by atoms with Crippen LogP contribution in [0.2, 0.25) is 0 Å². The molecule has 1 aliphatic carbocycles. The molecule has 1 fully saturated rings. The lowest BCUT2D eigenvalue weighted by Crippen LogP contribution is -2.51. The van der Waals surface area contributed by atoms with Crippen LogP contribution >= 0.6 is 0 Å². The fraction of sp³-hybridized carbons (Fsp3) is 0.714. The quantitative estimate of drug-likeness (QED) is 0.846. The van der Waals surface area contributed by atoms with Crippen molar-refractivity contribution in [3.8, 4) is 0 Å². The third kappa shape index (κ3) is 3.11. The van der Waals surface area contributed by atoms with Crippen molar-refractivity contribution in [1.29, 1.82) is 0 Å². The van der Waals surface area contributed by atoms with Crippen molar-refractivity contribution in [2.45, 2.75) is 51.6 Å². The molecule has 2 atom stereocenters. The SMILES string of the molecule is Cc1ccc(CNC2(CO)CCCC(C)C2)o1. The predicted octanol–water partition coefficient (Wildman–Crippen LogP) is 2.62. The summed E-state index contributed by atoms with van der Waals surface area (Å²) in [5.74, 6) is 2.59. The summed E-state index contributed by atoms with van der Waals surface area (Å²) >= 11 is 0. The van der Waals surface area contributed by atoms with Crippen LogP contribution in [0.1, 0.15) is 44.1 Å². The monoisotopic (exact) mass is 237 g/mol. The highest BCUT2D eigenvalue weighted by Crippen LogP contribution is 2.32. The Hall–Kier alpha value is -0.800. The Morgan fingerprint density at radius 1 is 1.53 bits per heavy atom. The van der Waals surface area contributed by atoms with Gasteiger partial charge in [0.2, 0.25) is 0 Å². The minimum atomic E-state index is -0.0988. The number of aryl methyl sites for hydroxylation is 1. The van der Waals surface area contributed by atoms with Gasteiger partial charge in [-0.05, 0) is 37.8 Å². The van der Waals surface area contributed by atoms with Crippen LogP contribution in [0.4, 0.5) is 0 Å². The number of aliphatic hydroxyl groups excluding tert-OH is 1. The van der Waals surface area contributed by atoms with Crippen LogP contribution in [-0.2, 0) is 6.54 Å². The Balaban J connectivity index is 1.94. The third-order valence-corrected chi connectivity index (χ3v) is 3.83. The van der Waals surface area contributed by atoms with E-state index in [4.69, 9.17) is 4.42 Å². The van der Waals surface area contributed by atoms with Crippen LogP contribution in [0.3, 0.4) is 0 Å². The maximum atomic E-state index is 9.65. The fourth-order valence-corrected chi connectivity index (χ4v) is 2.87. The molecule has 1 aromatic rings. The molecule has 1 saturated carbocycles. The van der Waals surface area contributed by atoms with Gasteiger partial charge >= 0.3 is 0 Å². The fourth-order valence-electron chi connectivity index (χ4n) is 2.87. The summed E-state index contributed by atoms with van der Waals surface area (Å²) in [4.78, 5) is 0. The summed E-state index contributed by atoms with van der Waals surface area (Å²) in [7, 11) is 0. The van der Waals surface area contributed by atoms with Crippen molar-refractivity contribution >= 4 is 0 Å². The van der Waals surface area contributed by atoms with Gasteiger partial charge in [-0.1, -0.05) is 19.8 Å². The van der Waals surface area contributed by atoms with Crippen LogP contribution in [0, 0.1) is 12.8 Å². The molecule has 1 aromatic heterocycles. The lowest BCUT2D eigenvalue weighted by Gasteiger charge is -2.39. The second-order valence-electron chi connectivity index (χ2n) is 5.51. The van der Waals surface area contributed by atoms with Crippen LogP contribution < -0.4 is 5.32 Å². The Kier molecular flexibility index (Phi) is 3.89. The molecular weight excluding hydrogens is 214 g/mol.